The highest BCUT2D eigenvalue weighted by molar-refractivity contribution is 7.13. The van der Waals surface area contributed by atoms with Crippen molar-refractivity contribution in [3.63, 3.8) is 0 Å². The Labute approximate surface area is 200 Å². The van der Waals surface area contributed by atoms with Crippen molar-refractivity contribution in [2.75, 3.05) is 27.3 Å². The van der Waals surface area contributed by atoms with E-state index in [1.165, 1.54) is 0 Å². The molecule has 3 atom stereocenters. The number of ether oxygens (including phenoxy) is 1. The van der Waals surface area contributed by atoms with Crippen molar-refractivity contribution in [1.29, 1.82) is 0 Å². The summed E-state index contributed by atoms with van der Waals surface area (Å²) in [6, 6.07) is 7.05. The predicted octanol–water partition coefficient (Wildman–Crippen LogP) is 3.55. The molecule has 0 unspecified atom stereocenters. The lowest BCUT2D eigenvalue weighted by Gasteiger charge is -2.35. The number of aromatic nitrogens is 1. The molecule has 2 aromatic rings. The van der Waals surface area contributed by atoms with Gasteiger partial charge in [-0.1, -0.05) is 45.0 Å². The van der Waals surface area contributed by atoms with Gasteiger partial charge in [0.25, 0.3) is 0 Å². The van der Waals surface area contributed by atoms with Gasteiger partial charge in [-0.25, -0.2) is 4.98 Å². The molecule has 0 spiro atoms. The lowest BCUT2D eigenvalue weighted by molar-refractivity contribution is -0.142. The Balaban J connectivity index is 1.74. The SMILES string of the molecule is CN[C@H](C(=O)N1CCC[C@H]1C(=O)N[C@@H](COC)c1ccc(-c2scnc2C)cc1)C(C)(C)C. The topological polar surface area (TPSA) is 83.6 Å². The normalized spacial score (nSPS) is 18.2. The molecule has 1 aromatic carbocycles. The van der Waals surface area contributed by atoms with Crippen LogP contribution in [-0.4, -0.2) is 61.1 Å². The fraction of sp³-hybridized carbons (Fsp3) is 0.560. The Morgan fingerprint density at radius 3 is 2.52 bits per heavy atom. The van der Waals surface area contributed by atoms with Crippen LogP contribution in [0.5, 0.6) is 0 Å². The minimum Gasteiger partial charge on any atom is -0.382 e. The van der Waals surface area contributed by atoms with Gasteiger partial charge in [0.15, 0.2) is 0 Å². The molecule has 1 saturated heterocycles. The first-order valence-electron chi connectivity index (χ1n) is 11.4. The summed E-state index contributed by atoms with van der Waals surface area (Å²) in [5, 5.41) is 6.27. The van der Waals surface area contributed by atoms with Gasteiger partial charge < -0.3 is 20.3 Å². The van der Waals surface area contributed by atoms with E-state index in [2.05, 4.69) is 27.8 Å². The van der Waals surface area contributed by atoms with Crippen LogP contribution in [0, 0.1) is 12.3 Å². The summed E-state index contributed by atoms with van der Waals surface area (Å²) < 4.78 is 5.40. The van der Waals surface area contributed by atoms with E-state index in [0.29, 0.717) is 19.6 Å². The molecule has 0 saturated carbocycles. The van der Waals surface area contributed by atoms with E-state index in [0.717, 1.165) is 28.1 Å². The highest BCUT2D eigenvalue weighted by Crippen LogP contribution is 2.29. The molecular weight excluding hydrogens is 436 g/mol. The number of hydrogen-bond donors (Lipinski definition) is 2. The molecule has 180 valence electrons. The minimum atomic E-state index is -0.464. The monoisotopic (exact) mass is 472 g/mol. The summed E-state index contributed by atoms with van der Waals surface area (Å²) in [7, 11) is 3.42. The van der Waals surface area contributed by atoms with Gasteiger partial charge >= 0.3 is 0 Å². The van der Waals surface area contributed by atoms with E-state index < -0.39 is 6.04 Å². The van der Waals surface area contributed by atoms with Crippen molar-refractivity contribution >= 4 is 23.2 Å². The zero-order valence-corrected chi connectivity index (χ0v) is 21.3. The number of aryl methyl sites for hydroxylation is 1. The molecule has 0 aliphatic carbocycles. The molecule has 2 N–H and O–H groups in total. The van der Waals surface area contributed by atoms with Crippen molar-refractivity contribution in [2.24, 2.45) is 5.41 Å². The van der Waals surface area contributed by atoms with Gasteiger partial charge in [0.1, 0.15) is 6.04 Å². The van der Waals surface area contributed by atoms with Crippen molar-refractivity contribution < 1.29 is 14.3 Å². The van der Waals surface area contributed by atoms with Crippen LogP contribution < -0.4 is 10.6 Å². The number of rotatable bonds is 8. The first kappa shape index (κ1) is 25.3. The lowest BCUT2D eigenvalue weighted by Crippen LogP contribution is -2.56. The Kier molecular flexibility index (Phi) is 8.26. The number of methoxy groups -OCH3 is 1. The summed E-state index contributed by atoms with van der Waals surface area (Å²) >= 11 is 1.62. The molecule has 7 nitrogen and oxygen atoms in total. The second-order valence-electron chi connectivity index (χ2n) is 9.68. The Morgan fingerprint density at radius 1 is 1.27 bits per heavy atom. The minimum absolute atomic E-state index is 0.0183. The number of thiazole rings is 1. The van der Waals surface area contributed by atoms with E-state index in [-0.39, 0.29) is 29.3 Å². The number of amides is 2. The summed E-state index contributed by atoms with van der Waals surface area (Å²) in [5.74, 6) is -0.149. The summed E-state index contributed by atoms with van der Waals surface area (Å²) in [5.41, 5.74) is 4.69. The van der Waals surface area contributed by atoms with Crippen molar-refractivity contribution in [3.8, 4) is 10.4 Å². The second kappa shape index (κ2) is 10.8. The number of hydrogen-bond acceptors (Lipinski definition) is 6. The van der Waals surface area contributed by atoms with Crippen molar-refractivity contribution in [1.82, 2.24) is 20.5 Å². The van der Waals surface area contributed by atoms with Crippen molar-refractivity contribution in [3.05, 3.63) is 41.0 Å². The Morgan fingerprint density at radius 2 is 1.97 bits per heavy atom. The zero-order valence-electron chi connectivity index (χ0n) is 20.5. The average molecular weight is 473 g/mol. The van der Waals surface area contributed by atoms with Gasteiger partial charge in [0.05, 0.1) is 34.8 Å². The van der Waals surface area contributed by atoms with Crippen LogP contribution >= 0.6 is 11.3 Å². The van der Waals surface area contributed by atoms with Gasteiger partial charge in [0, 0.05) is 13.7 Å². The zero-order chi connectivity index (χ0) is 24.2. The number of carbonyl (C=O) groups excluding carboxylic acids is 2. The van der Waals surface area contributed by atoms with Crippen LogP contribution in [0.4, 0.5) is 0 Å². The quantitative estimate of drug-likeness (QED) is 0.614. The summed E-state index contributed by atoms with van der Waals surface area (Å²) in [4.78, 5) is 33.7. The molecule has 3 rings (SSSR count). The maximum atomic E-state index is 13.3. The van der Waals surface area contributed by atoms with E-state index in [1.807, 2.05) is 45.3 Å². The molecule has 2 heterocycles. The molecule has 0 bridgehead atoms. The van der Waals surface area contributed by atoms with E-state index in [9.17, 15) is 9.59 Å². The van der Waals surface area contributed by atoms with E-state index >= 15 is 0 Å². The molecule has 1 aliphatic heterocycles. The van der Waals surface area contributed by atoms with Gasteiger partial charge in [-0.05, 0) is 43.4 Å². The number of nitrogens with one attached hydrogen (secondary N) is 2. The van der Waals surface area contributed by atoms with Crippen LogP contribution in [0.2, 0.25) is 0 Å². The molecule has 0 radical (unpaired) electrons. The number of likely N-dealkylation sites (tertiary alicyclic amines) is 1. The lowest BCUT2D eigenvalue weighted by atomic mass is 9.86. The molecule has 1 aromatic heterocycles. The molecule has 1 aliphatic rings. The third-order valence-electron chi connectivity index (χ3n) is 6.21. The van der Waals surface area contributed by atoms with Crippen LogP contribution in [0.1, 0.15) is 50.9 Å². The number of likely N-dealkylation sites (N-methyl/N-ethyl adjacent to an activating group) is 1. The highest BCUT2D eigenvalue weighted by Gasteiger charge is 2.40. The smallest absolute Gasteiger partial charge is 0.243 e. The molecule has 33 heavy (non-hydrogen) atoms. The van der Waals surface area contributed by atoms with E-state index in [4.69, 9.17) is 4.74 Å². The Hall–Kier alpha value is -2.29. The summed E-state index contributed by atoms with van der Waals surface area (Å²) in [6.45, 7) is 9.05. The van der Waals surface area contributed by atoms with Gasteiger partial charge in [-0.15, -0.1) is 11.3 Å². The van der Waals surface area contributed by atoms with Gasteiger partial charge in [0.2, 0.25) is 11.8 Å². The van der Waals surface area contributed by atoms with Crippen LogP contribution in [-0.2, 0) is 14.3 Å². The number of benzene rings is 1. The average Bonchev–Trinajstić information content (AvgIpc) is 3.42. The van der Waals surface area contributed by atoms with Gasteiger partial charge in [-0.3, -0.25) is 9.59 Å². The predicted molar refractivity (Wildman–Crippen MR) is 132 cm³/mol. The maximum Gasteiger partial charge on any atom is 0.243 e. The maximum absolute atomic E-state index is 13.3. The molecule has 2 amide bonds. The molecule has 8 heteroatoms. The van der Waals surface area contributed by atoms with E-state index in [1.54, 1.807) is 30.4 Å². The standard InChI is InChI=1S/C25H36N4O3S/c1-16-21(33-15-27-16)18-11-9-17(10-12-18)19(14-32-6)28-23(30)20-8-7-13-29(20)24(31)22(26-5)25(2,3)4/h9-12,15,19-20,22,26H,7-8,13-14H2,1-6H3,(H,28,30)/t19-,20-,22+/m0/s1. The van der Waals surface area contributed by atoms with Crippen LogP contribution in [0.25, 0.3) is 10.4 Å². The number of carbonyl (C=O) groups is 2. The van der Waals surface area contributed by atoms with Gasteiger partial charge in [-0.2, -0.15) is 0 Å². The second-order valence-corrected chi connectivity index (χ2v) is 10.5. The third-order valence-corrected chi connectivity index (χ3v) is 7.19. The van der Waals surface area contributed by atoms with Crippen LogP contribution in [0.3, 0.4) is 0 Å². The molecular formula is C25H36N4O3S. The number of nitrogens with zero attached hydrogens (tertiary/aromatic N) is 2. The summed E-state index contributed by atoms with van der Waals surface area (Å²) in [6.07, 6.45) is 1.49. The fourth-order valence-corrected chi connectivity index (χ4v) is 5.31. The molecule has 1 fully saturated rings. The Bertz CT molecular complexity index is 951. The fourth-order valence-electron chi connectivity index (χ4n) is 4.50. The third kappa shape index (κ3) is 5.80. The van der Waals surface area contributed by atoms with Crippen molar-refractivity contribution in [2.45, 2.75) is 58.7 Å². The first-order chi connectivity index (χ1) is 15.7. The first-order valence-corrected chi connectivity index (χ1v) is 12.3. The highest BCUT2D eigenvalue weighted by atomic mass is 32.1. The largest absolute Gasteiger partial charge is 0.382 e. The van der Waals surface area contributed by atoms with Crippen LogP contribution in [0.15, 0.2) is 29.8 Å².